The van der Waals surface area contributed by atoms with Crippen LogP contribution < -0.4 is 0 Å². The molecule has 4 heteroatoms. The molecule has 3 aromatic rings. The summed E-state index contributed by atoms with van der Waals surface area (Å²) >= 11 is 0. The number of hydrogen-bond donors (Lipinski definition) is 1. The molecule has 3 aromatic heterocycles. The molecule has 0 bridgehead atoms. The van der Waals surface area contributed by atoms with Crippen LogP contribution in [0.1, 0.15) is 0 Å². The lowest BCUT2D eigenvalue weighted by Gasteiger charge is -1.93. The minimum Gasteiger partial charge on any atom is -0.346 e. The Hall–Kier alpha value is -1.84. The van der Waals surface area contributed by atoms with E-state index < -0.39 is 0 Å². The van der Waals surface area contributed by atoms with Gasteiger partial charge in [0.05, 0.1) is 11.7 Å². The van der Waals surface area contributed by atoms with Gasteiger partial charge in [-0.1, -0.05) is 0 Å². The molecule has 0 aliphatic carbocycles. The van der Waals surface area contributed by atoms with E-state index in [4.69, 9.17) is 0 Å². The first-order valence-corrected chi connectivity index (χ1v) is 4.10. The summed E-state index contributed by atoms with van der Waals surface area (Å²) in [5, 5.41) is 5.26. The summed E-state index contributed by atoms with van der Waals surface area (Å²) in [6, 6.07) is 4.09. The zero-order valence-electron chi connectivity index (χ0n) is 7.15. The smallest absolute Gasteiger partial charge is 0.138 e. The molecule has 64 valence electrons. The van der Waals surface area contributed by atoms with Crippen LogP contribution in [0.4, 0.5) is 0 Å². The minimum absolute atomic E-state index is 0.917. The summed E-state index contributed by atoms with van der Waals surface area (Å²) in [4.78, 5) is 7.49. The van der Waals surface area contributed by atoms with Crippen molar-refractivity contribution in [2.75, 3.05) is 0 Å². The second-order valence-electron chi connectivity index (χ2n) is 3.08. The summed E-state index contributed by atoms with van der Waals surface area (Å²) in [6.45, 7) is 0. The van der Waals surface area contributed by atoms with Crippen LogP contribution in [0.3, 0.4) is 0 Å². The lowest BCUT2D eigenvalue weighted by Crippen LogP contribution is -1.88. The summed E-state index contributed by atoms with van der Waals surface area (Å²) in [7, 11) is 1.92. The molecule has 0 fully saturated rings. The number of rotatable bonds is 0. The van der Waals surface area contributed by atoms with E-state index in [9.17, 15) is 0 Å². The predicted octanol–water partition coefficient (Wildman–Crippen LogP) is 1.45. The van der Waals surface area contributed by atoms with Crippen molar-refractivity contribution in [3.63, 3.8) is 0 Å². The molecule has 13 heavy (non-hydrogen) atoms. The zero-order chi connectivity index (χ0) is 8.84. The van der Waals surface area contributed by atoms with Crippen LogP contribution >= 0.6 is 0 Å². The van der Waals surface area contributed by atoms with Gasteiger partial charge in [-0.05, 0) is 12.1 Å². The molecule has 0 spiro atoms. The second-order valence-corrected chi connectivity index (χ2v) is 3.08. The van der Waals surface area contributed by atoms with Crippen molar-refractivity contribution >= 4 is 22.1 Å². The predicted molar refractivity (Wildman–Crippen MR) is 50.4 cm³/mol. The number of aromatic nitrogens is 4. The molecule has 1 N–H and O–H groups in total. The maximum atomic E-state index is 4.42. The number of nitrogens with one attached hydrogen (secondary N) is 1. The van der Waals surface area contributed by atoms with E-state index in [0.29, 0.717) is 0 Å². The van der Waals surface area contributed by atoms with Crippen LogP contribution in [-0.4, -0.2) is 19.7 Å². The van der Waals surface area contributed by atoms with E-state index in [1.807, 2.05) is 24.0 Å². The number of nitrogens with zero attached hydrogens (tertiary/aromatic N) is 3. The molecule has 0 amide bonds. The van der Waals surface area contributed by atoms with Gasteiger partial charge in [0.15, 0.2) is 0 Å². The molecule has 0 atom stereocenters. The van der Waals surface area contributed by atoms with Gasteiger partial charge in [0.2, 0.25) is 0 Å². The molecule has 0 saturated carbocycles. The third-order valence-corrected chi connectivity index (χ3v) is 2.25. The average Bonchev–Trinajstić information content (AvgIpc) is 2.70. The SMILES string of the molecule is Cn1ncc2nc3[nH]ccc3cc21. The van der Waals surface area contributed by atoms with Gasteiger partial charge in [0.1, 0.15) is 11.2 Å². The van der Waals surface area contributed by atoms with Crippen LogP contribution in [0, 0.1) is 0 Å². The van der Waals surface area contributed by atoms with Crippen molar-refractivity contribution in [2.24, 2.45) is 7.05 Å². The Kier molecular flexibility index (Phi) is 1.07. The van der Waals surface area contributed by atoms with Crippen LogP contribution in [0.5, 0.6) is 0 Å². The summed E-state index contributed by atoms with van der Waals surface area (Å²) in [5.74, 6) is 0. The Balaban J connectivity index is 2.59. The second kappa shape index (κ2) is 2.10. The third kappa shape index (κ3) is 0.796. The molecular weight excluding hydrogens is 164 g/mol. The number of aryl methyl sites for hydroxylation is 1. The van der Waals surface area contributed by atoms with Crippen molar-refractivity contribution in [3.05, 3.63) is 24.5 Å². The fourth-order valence-corrected chi connectivity index (χ4v) is 1.54. The molecule has 0 unspecified atom stereocenters. The van der Waals surface area contributed by atoms with E-state index in [2.05, 4.69) is 21.1 Å². The molecule has 0 aliphatic heterocycles. The number of fused-ring (bicyclic) bond motifs is 2. The zero-order valence-corrected chi connectivity index (χ0v) is 7.15. The first-order valence-electron chi connectivity index (χ1n) is 4.10. The summed E-state index contributed by atoms with van der Waals surface area (Å²) < 4.78 is 1.83. The number of H-pyrrole nitrogens is 1. The number of pyridine rings is 1. The number of hydrogen-bond acceptors (Lipinski definition) is 2. The molecule has 0 aromatic carbocycles. The summed E-state index contributed by atoms with van der Waals surface area (Å²) in [6.07, 6.45) is 3.67. The summed E-state index contributed by atoms with van der Waals surface area (Å²) in [5.41, 5.74) is 2.91. The average molecular weight is 172 g/mol. The fourth-order valence-electron chi connectivity index (χ4n) is 1.54. The molecule has 0 aliphatic rings. The van der Waals surface area contributed by atoms with Gasteiger partial charge in [0, 0.05) is 18.6 Å². The number of aromatic amines is 1. The fraction of sp³-hybridized carbons (Fsp3) is 0.111. The lowest BCUT2D eigenvalue weighted by atomic mass is 10.3. The molecule has 4 nitrogen and oxygen atoms in total. The van der Waals surface area contributed by atoms with Crippen LogP contribution in [-0.2, 0) is 7.05 Å². The minimum atomic E-state index is 0.917. The van der Waals surface area contributed by atoms with Gasteiger partial charge in [-0.15, -0.1) is 0 Å². The van der Waals surface area contributed by atoms with Gasteiger partial charge in [-0.2, -0.15) is 5.10 Å². The van der Waals surface area contributed by atoms with Crippen molar-refractivity contribution in [2.45, 2.75) is 0 Å². The first kappa shape index (κ1) is 6.65. The van der Waals surface area contributed by atoms with E-state index in [1.165, 1.54) is 0 Å². The molecule has 0 saturated heterocycles. The van der Waals surface area contributed by atoms with E-state index >= 15 is 0 Å². The Bertz CT molecular complexity index is 575. The maximum Gasteiger partial charge on any atom is 0.138 e. The Morgan fingerprint density at radius 3 is 3.31 bits per heavy atom. The van der Waals surface area contributed by atoms with Crippen molar-refractivity contribution in [3.8, 4) is 0 Å². The maximum absolute atomic E-state index is 4.42. The highest BCUT2D eigenvalue weighted by Gasteiger charge is 2.03. The first-order chi connectivity index (χ1) is 6.34. The third-order valence-electron chi connectivity index (χ3n) is 2.25. The van der Waals surface area contributed by atoms with Gasteiger partial charge >= 0.3 is 0 Å². The largest absolute Gasteiger partial charge is 0.346 e. The van der Waals surface area contributed by atoms with Crippen LogP contribution in [0.25, 0.3) is 22.1 Å². The van der Waals surface area contributed by atoms with Gasteiger partial charge in [-0.3, -0.25) is 4.68 Å². The van der Waals surface area contributed by atoms with E-state index in [0.717, 1.165) is 22.1 Å². The van der Waals surface area contributed by atoms with Crippen LogP contribution in [0.2, 0.25) is 0 Å². The van der Waals surface area contributed by atoms with Gasteiger partial charge in [-0.25, -0.2) is 4.98 Å². The monoisotopic (exact) mass is 172 g/mol. The Labute approximate surface area is 74.2 Å². The molecule has 3 heterocycles. The highest BCUT2D eigenvalue weighted by atomic mass is 15.3. The topological polar surface area (TPSA) is 46.5 Å². The molecular formula is C9H8N4. The van der Waals surface area contributed by atoms with Crippen molar-refractivity contribution < 1.29 is 0 Å². The lowest BCUT2D eigenvalue weighted by molar-refractivity contribution is 0.797. The normalized spacial score (nSPS) is 11.5. The highest BCUT2D eigenvalue weighted by Crippen LogP contribution is 2.17. The Morgan fingerprint density at radius 2 is 2.38 bits per heavy atom. The quantitative estimate of drug-likeness (QED) is 0.557. The van der Waals surface area contributed by atoms with E-state index in [1.54, 1.807) is 6.20 Å². The highest BCUT2D eigenvalue weighted by molar-refractivity contribution is 5.89. The van der Waals surface area contributed by atoms with Crippen LogP contribution in [0.15, 0.2) is 24.5 Å². The van der Waals surface area contributed by atoms with Crippen molar-refractivity contribution in [1.82, 2.24) is 19.7 Å². The molecule has 0 radical (unpaired) electrons. The Morgan fingerprint density at radius 1 is 1.46 bits per heavy atom. The standard InChI is InChI=1S/C9H8N4/c1-13-8-4-6-2-3-10-9(6)12-7(8)5-11-13/h2-5H,1H3,(H,10,12). The van der Waals surface area contributed by atoms with Crippen molar-refractivity contribution in [1.29, 1.82) is 0 Å². The van der Waals surface area contributed by atoms with Gasteiger partial charge in [0.25, 0.3) is 0 Å². The van der Waals surface area contributed by atoms with E-state index in [-0.39, 0.29) is 0 Å². The molecule has 3 rings (SSSR count). The van der Waals surface area contributed by atoms with Gasteiger partial charge < -0.3 is 4.98 Å².